The average molecular weight is 409 g/mol. The van der Waals surface area contributed by atoms with Gasteiger partial charge in [-0.25, -0.2) is 0 Å². The monoisotopic (exact) mass is 410 g/mol. The van der Waals surface area contributed by atoms with Gasteiger partial charge in [0, 0.05) is 6.92 Å². The van der Waals surface area contributed by atoms with Gasteiger partial charge >= 0.3 is 91.0 Å². The second-order valence-electron chi connectivity index (χ2n) is 3.36. The Morgan fingerprint density at radius 3 is 1.94 bits per heavy atom. The SMILES string of the molecule is CC(=O)O.CCN(CC)c1cc[c]([Hg])cc1. The summed E-state index contributed by atoms with van der Waals surface area (Å²) in [5.41, 5.74) is 1.36. The van der Waals surface area contributed by atoms with Gasteiger partial charge in [0.15, 0.2) is 0 Å². The summed E-state index contributed by atoms with van der Waals surface area (Å²) >= 11 is 0.766. The van der Waals surface area contributed by atoms with Crippen LogP contribution in [0.15, 0.2) is 24.3 Å². The number of hydrogen-bond donors (Lipinski definition) is 1. The average Bonchev–Trinajstić information content (AvgIpc) is 2.22. The second-order valence-corrected chi connectivity index (χ2v) is 6.53. The molecule has 1 N–H and O–H groups in total. The van der Waals surface area contributed by atoms with E-state index in [0.717, 1.165) is 46.1 Å². The summed E-state index contributed by atoms with van der Waals surface area (Å²) in [6, 6.07) is 8.96. The number of rotatable bonds is 3. The molecule has 0 amide bonds. The van der Waals surface area contributed by atoms with Gasteiger partial charge in [-0.05, 0) is 0 Å². The molecular formula is C12H18HgNO2. The third-order valence-corrected chi connectivity index (χ3v) is 3.90. The molecule has 0 spiro atoms. The van der Waals surface area contributed by atoms with Gasteiger partial charge in [0.1, 0.15) is 0 Å². The number of nitrogens with zero attached hydrogens (tertiary/aromatic N) is 1. The van der Waals surface area contributed by atoms with Crippen LogP contribution in [-0.4, -0.2) is 24.2 Å². The summed E-state index contributed by atoms with van der Waals surface area (Å²) in [6.07, 6.45) is 0. The van der Waals surface area contributed by atoms with Crippen molar-refractivity contribution < 1.29 is 36.0 Å². The second kappa shape index (κ2) is 8.56. The molecule has 0 aliphatic rings. The summed E-state index contributed by atoms with van der Waals surface area (Å²) in [5, 5.41) is 7.42. The molecule has 0 bridgehead atoms. The summed E-state index contributed by atoms with van der Waals surface area (Å²) in [5.74, 6) is -0.833. The maximum atomic E-state index is 9.00. The Hall–Kier alpha value is -0.575. The van der Waals surface area contributed by atoms with Crippen LogP contribution < -0.4 is 7.97 Å². The molecule has 3 nitrogen and oxygen atoms in total. The summed E-state index contributed by atoms with van der Waals surface area (Å²) in [7, 11) is 0. The first kappa shape index (κ1) is 15.4. The third kappa shape index (κ3) is 6.83. The van der Waals surface area contributed by atoms with Crippen molar-refractivity contribution in [1.29, 1.82) is 0 Å². The van der Waals surface area contributed by atoms with Crippen LogP contribution in [-0.2, 0) is 30.9 Å². The van der Waals surface area contributed by atoms with Crippen molar-refractivity contribution in [1.82, 2.24) is 0 Å². The van der Waals surface area contributed by atoms with Gasteiger partial charge < -0.3 is 5.11 Å². The molecule has 1 aromatic rings. The normalized spacial score (nSPS) is 9.06. The van der Waals surface area contributed by atoms with Crippen LogP contribution in [0.5, 0.6) is 0 Å². The molecule has 0 saturated carbocycles. The molecule has 0 unspecified atom stereocenters. The van der Waals surface area contributed by atoms with Crippen LogP contribution in [0.4, 0.5) is 5.69 Å². The molecule has 0 atom stereocenters. The number of anilines is 1. The fourth-order valence-electron chi connectivity index (χ4n) is 1.30. The number of carboxylic acid groups (broad SMARTS) is 1. The van der Waals surface area contributed by atoms with E-state index in [1.54, 1.807) is 0 Å². The molecule has 0 aliphatic carbocycles. The van der Waals surface area contributed by atoms with E-state index in [9.17, 15) is 0 Å². The van der Waals surface area contributed by atoms with Crippen LogP contribution in [0.1, 0.15) is 20.8 Å². The molecule has 4 heteroatoms. The van der Waals surface area contributed by atoms with Crippen molar-refractivity contribution in [2.45, 2.75) is 20.8 Å². The Balaban J connectivity index is 0.000000487. The predicted molar refractivity (Wildman–Crippen MR) is 62.9 cm³/mol. The van der Waals surface area contributed by atoms with Gasteiger partial charge in [-0.15, -0.1) is 0 Å². The van der Waals surface area contributed by atoms with Gasteiger partial charge in [0.25, 0.3) is 5.97 Å². The molecule has 1 aromatic carbocycles. The number of carbonyl (C=O) groups is 1. The van der Waals surface area contributed by atoms with Crippen molar-refractivity contribution in [3.05, 3.63) is 24.3 Å². The van der Waals surface area contributed by atoms with Crippen molar-refractivity contribution in [3.63, 3.8) is 0 Å². The summed E-state index contributed by atoms with van der Waals surface area (Å²) in [4.78, 5) is 11.4. The number of carboxylic acids is 1. The zero-order valence-electron chi connectivity index (χ0n) is 10.2. The molecule has 0 aliphatic heterocycles. The minimum atomic E-state index is -0.833. The zero-order valence-corrected chi connectivity index (χ0v) is 15.7. The van der Waals surface area contributed by atoms with E-state index in [1.165, 1.54) is 8.76 Å². The van der Waals surface area contributed by atoms with Crippen LogP contribution in [0.25, 0.3) is 0 Å². The van der Waals surface area contributed by atoms with Crippen molar-refractivity contribution in [2.75, 3.05) is 18.0 Å². The molecule has 0 aromatic heterocycles. The van der Waals surface area contributed by atoms with E-state index in [1.807, 2.05) is 0 Å². The molecule has 16 heavy (non-hydrogen) atoms. The van der Waals surface area contributed by atoms with Crippen molar-refractivity contribution in [2.24, 2.45) is 0 Å². The first-order valence-electron chi connectivity index (χ1n) is 5.37. The van der Waals surface area contributed by atoms with Gasteiger partial charge in [-0.3, -0.25) is 4.79 Å². The predicted octanol–water partition coefficient (Wildman–Crippen LogP) is 1.80. The van der Waals surface area contributed by atoms with E-state index in [4.69, 9.17) is 9.90 Å². The number of aliphatic carboxylic acids is 1. The third-order valence-electron chi connectivity index (χ3n) is 2.06. The Bertz CT molecular complexity index is 303. The minimum absolute atomic E-state index is 0.766. The Morgan fingerprint density at radius 1 is 1.25 bits per heavy atom. The summed E-state index contributed by atoms with van der Waals surface area (Å²) in [6.45, 7) is 7.67. The van der Waals surface area contributed by atoms with Gasteiger partial charge in [0.05, 0.1) is 0 Å². The van der Waals surface area contributed by atoms with Gasteiger partial charge in [-0.1, -0.05) is 0 Å². The van der Waals surface area contributed by atoms with E-state index >= 15 is 0 Å². The zero-order chi connectivity index (χ0) is 12.6. The molecule has 0 fully saturated rings. The van der Waals surface area contributed by atoms with Gasteiger partial charge in [-0.2, -0.15) is 0 Å². The van der Waals surface area contributed by atoms with Crippen LogP contribution in [0.3, 0.4) is 0 Å². The van der Waals surface area contributed by atoms with Crippen molar-refractivity contribution >= 4 is 14.7 Å². The van der Waals surface area contributed by atoms with Crippen LogP contribution >= 0.6 is 0 Å². The number of benzene rings is 1. The van der Waals surface area contributed by atoms with E-state index in [0.29, 0.717) is 0 Å². The number of hydrogen-bond acceptors (Lipinski definition) is 2. The van der Waals surface area contributed by atoms with E-state index in [-0.39, 0.29) is 0 Å². The summed E-state index contributed by atoms with van der Waals surface area (Å²) < 4.78 is 1.52. The van der Waals surface area contributed by atoms with Crippen molar-refractivity contribution in [3.8, 4) is 0 Å². The van der Waals surface area contributed by atoms with E-state index in [2.05, 4.69) is 43.0 Å². The standard InChI is InChI=1S/C10H14N.C2H4O2.Hg/c1-3-11(4-2)10-8-6-5-7-9-10;1-2(3)4;/h6-9H,3-4H2,1-2H3;1H3,(H,3,4);. The molecule has 85 valence electrons. The Labute approximate surface area is 113 Å². The first-order valence-corrected chi connectivity index (χ1v) is 8.12. The molecule has 1 rings (SSSR count). The van der Waals surface area contributed by atoms with Gasteiger partial charge in [0.2, 0.25) is 0 Å². The van der Waals surface area contributed by atoms with Crippen LogP contribution in [0, 0.1) is 0 Å². The fourth-order valence-corrected chi connectivity index (χ4v) is 2.21. The fraction of sp³-hybridized carbons (Fsp3) is 0.417. The topological polar surface area (TPSA) is 40.5 Å². The quantitative estimate of drug-likeness (QED) is 0.775. The Morgan fingerprint density at radius 2 is 1.62 bits per heavy atom. The molecule has 0 saturated heterocycles. The first-order chi connectivity index (χ1) is 7.51. The Kier molecular flexibility index (Phi) is 8.25. The molecular weight excluding hydrogens is 391 g/mol. The van der Waals surface area contributed by atoms with Crippen LogP contribution in [0.2, 0.25) is 0 Å². The molecule has 0 radical (unpaired) electrons. The van der Waals surface area contributed by atoms with E-state index < -0.39 is 5.97 Å². The molecule has 0 heterocycles. The maximum absolute atomic E-state index is 9.00.